The van der Waals surface area contributed by atoms with E-state index >= 15 is 0 Å². The predicted octanol–water partition coefficient (Wildman–Crippen LogP) is 4.90. The zero-order chi connectivity index (χ0) is 18.5. The third-order valence-electron chi connectivity index (χ3n) is 4.45. The maximum absolute atomic E-state index is 12.4. The molecule has 1 aliphatic rings. The number of carbonyl (C=O) groups excluding carboxylic acids is 1. The van der Waals surface area contributed by atoms with Crippen molar-refractivity contribution in [1.29, 1.82) is 5.26 Å². The first-order chi connectivity index (χ1) is 12.6. The van der Waals surface area contributed by atoms with Gasteiger partial charge in [-0.3, -0.25) is 4.79 Å². The maximum Gasteiger partial charge on any atom is 0.266 e. The van der Waals surface area contributed by atoms with E-state index in [1.807, 2.05) is 30.3 Å². The normalized spacial score (nSPS) is 14.2. The van der Waals surface area contributed by atoms with E-state index in [4.69, 9.17) is 0 Å². The van der Waals surface area contributed by atoms with Crippen LogP contribution in [0, 0.1) is 18.3 Å². The van der Waals surface area contributed by atoms with Gasteiger partial charge < -0.3 is 10.2 Å². The van der Waals surface area contributed by atoms with Crippen molar-refractivity contribution in [2.24, 2.45) is 0 Å². The highest BCUT2D eigenvalue weighted by atomic mass is 79.9. The summed E-state index contributed by atoms with van der Waals surface area (Å²) < 4.78 is 0.931. The van der Waals surface area contributed by atoms with E-state index in [1.54, 1.807) is 18.2 Å². The Labute approximate surface area is 162 Å². The zero-order valence-electron chi connectivity index (χ0n) is 14.6. The molecule has 1 N–H and O–H groups in total. The average Bonchev–Trinajstić information content (AvgIpc) is 3.16. The van der Waals surface area contributed by atoms with Gasteiger partial charge in [-0.25, -0.2) is 0 Å². The fourth-order valence-electron chi connectivity index (χ4n) is 3.13. The molecule has 0 unspecified atom stereocenters. The molecule has 0 saturated carbocycles. The lowest BCUT2D eigenvalue weighted by Crippen LogP contribution is -2.18. The lowest BCUT2D eigenvalue weighted by molar-refractivity contribution is -0.112. The summed E-state index contributed by atoms with van der Waals surface area (Å²) in [6.45, 7) is 4.25. The number of amides is 1. The Morgan fingerprint density at radius 3 is 2.50 bits per heavy atom. The Hall–Kier alpha value is -2.58. The Balaban J connectivity index is 1.77. The molecule has 4 nitrogen and oxygen atoms in total. The lowest BCUT2D eigenvalue weighted by Gasteiger charge is -2.20. The van der Waals surface area contributed by atoms with Crippen LogP contribution in [0.5, 0.6) is 0 Å². The number of nitriles is 1. The van der Waals surface area contributed by atoms with Crippen molar-refractivity contribution in [3.8, 4) is 6.07 Å². The molecule has 1 heterocycles. The molecule has 1 saturated heterocycles. The molecule has 2 aromatic rings. The monoisotopic (exact) mass is 409 g/mol. The van der Waals surface area contributed by atoms with Gasteiger partial charge in [0, 0.05) is 28.9 Å². The number of hydrogen-bond acceptors (Lipinski definition) is 3. The molecular formula is C21H20BrN3O. The van der Waals surface area contributed by atoms with E-state index in [2.05, 4.69) is 39.1 Å². The predicted molar refractivity (Wildman–Crippen MR) is 109 cm³/mol. The van der Waals surface area contributed by atoms with Crippen LogP contribution in [0.1, 0.15) is 24.0 Å². The first-order valence-corrected chi connectivity index (χ1v) is 9.40. The van der Waals surface area contributed by atoms with E-state index in [0.29, 0.717) is 5.69 Å². The summed E-state index contributed by atoms with van der Waals surface area (Å²) in [5, 5.41) is 12.1. The van der Waals surface area contributed by atoms with Crippen LogP contribution in [0.2, 0.25) is 0 Å². The van der Waals surface area contributed by atoms with Crippen molar-refractivity contribution in [2.45, 2.75) is 19.8 Å². The van der Waals surface area contributed by atoms with Gasteiger partial charge in [0.05, 0.1) is 0 Å². The van der Waals surface area contributed by atoms with Crippen LogP contribution in [0.25, 0.3) is 6.08 Å². The number of anilines is 2. The molecule has 132 valence electrons. The highest BCUT2D eigenvalue weighted by molar-refractivity contribution is 9.10. The molecule has 0 radical (unpaired) electrons. The van der Waals surface area contributed by atoms with E-state index in [1.165, 1.54) is 18.5 Å². The fourth-order valence-corrected chi connectivity index (χ4v) is 3.39. The number of benzene rings is 2. The number of nitrogens with one attached hydrogen (secondary N) is 1. The van der Waals surface area contributed by atoms with Gasteiger partial charge in [-0.1, -0.05) is 22.0 Å². The second kappa shape index (κ2) is 8.20. The van der Waals surface area contributed by atoms with Gasteiger partial charge in [-0.2, -0.15) is 5.26 Å². The first-order valence-electron chi connectivity index (χ1n) is 8.61. The number of aryl methyl sites for hydroxylation is 1. The standard InChI is InChI=1S/C21H20BrN3O/c1-15-12-16(4-9-20(15)25-10-2-3-11-25)13-17(14-23)21(26)24-19-7-5-18(22)6-8-19/h4-9,12-13H,2-3,10-11H2,1H3,(H,24,26). The molecular weight excluding hydrogens is 390 g/mol. The van der Waals surface area contributed by atoms with Crippen molar-refractivity contribution in [1.82, 2.24) is 0 Å². The Bertz CT molecular complexity index is 875. The maximum atomic E-state index is 12.4. The average molecular weight is 410 g/mol. The molecule has 0 aliphatic carbocycles. The number of nitrogens with zero attached hydrogens (tertiary/aromatic N) is 2. The minimum Gasteiger partial charge on any atom is -0.371 e. The largest absolute Gasteiger partial charge is 0.371 e. The summed E-state index contributed by atoms with van der Waals surface area (Å²) in [6, 6.07) is 15.3. The molecule has 1 fully saturated rings. The second-order valence-corrected chi connectivity index (χ2v) is 7.29. The van der Waals surface area contributed by atoms with Gasteiger partial charge in [-0.05, 0) is 73.4 Å². The van der Waals surface area contributed by atoms with Gasteiger partial charge >= 0.3 is 0 Å². The minimum absolute atomic E-state index is 0.0845. The van der Waals surface area contributed by atoms with Gasteiger partial charge in [0.15, 0.2) is 0 Å². The molecule has 5 heteroatoms. The molecule has 26 heavy (non-hydrogen) atoms. The highest BCUT2D eigenvalue weighted by Gasteiger charge is 2.15. The smallest absolute Gasteiger partial charge is 0.266 e. The molecule has 0 aromatic heterocycles. The van der Waals surface area contributed by atoms with E-state index < -0.39 is 5.91 Å². The van der Waals surface area contributed by atoms with E-state index in [0.717, 1.165) is 28.7 Å². The minimum atomic E-state index is -0.406. The van der Waals surface area contributed by atoms with Gasteiger partial charge in [-0.15, -0.1) is 0 Å². The molecule has 0 bridgehead atoms. The summed E-state index contributed by atoms with van der Waals surface area (Å²) in [7, 11) is 0. The van der Waals surface area contributed by atoms with Gasteiger partial charge in [0.1, 0.15) is 11.6 Å². The first kappa shape index (κ1) is 18.2. The van der Waals surface area contributed by atoms with Crippen LogP contribution >= 0.6 is 15.9 Å². The summed E-state index contributed by atoms with van der Waals surface area (Å²) >= 11 is 3.36. The quantitative estimate of drug-likeness (QED) is 0.576. The summed E-state index contributed by atoms with van der Waals surface area (Å²) in [5.74, 6) is -0.406. The molecule has 0 atom stereocenters. The fraction of sp³-hybridized carbons (Fsp3) is 0.238. The molecule has 2 aromatic carbocycles. The van der Waals surface area contributed by atoms with Crippen molar-refractivity contribution < 1.29 is 4.79 Å². The molecule has 3 rings (SSSR count). The third-order valence-corrected chi connectivity index (χ3v) is 4.97. The van der Waals surface area contributed by atoms with Crippen molar-refractivity contribution >= 4 is 39.3 Å². The molecule has 1 amide bonds. The Morgan fingerprint density at radius 2 is 1.88 bits per heavy atom. The van der Waals surface area contributed by atoms with Crippen molar-refractivity contribution in [2.75, 3.05) is 23.3 Å². The molecule has 0 spiro atoms. The van der Waals surface area contributed by atoms with E-state index in [-0.39, 0.29) is 5.57 Å². The number of hydrogen-bond donors (Lipinski definition) is 1. The topological polar surface area (TPSA) is 56.1 Å². The number of carbonyl (C=O) groups is 1. The Morgan fingerprint density at radius 1 is 1.19 bits per heavy atom. The number of rotatable bonds is 4. The highest BCUT2D eigenvalue weighted by Crippen LogP contribution is 2.26. The second-order valence-electron chi connectivity index (χ2n) is 6.37. The summed E-state index contributed by atoms with van der Waals surface area (Å²) in [4.78, 5) is 14.8. The van der Waals surface area contributed by atoms with Crippen LogP contribution in [0.3, 0.4) is 0 Å². The Kier molecular flexibility index (Phi) is 5.75. The summed E-state index contributed by atoms with van der Waals surface area (Å²) in [5.41, 5.74) is 3.98. The van der Waals surface area contributed by atoms with Crippen molar-refractivity contribution in [3.63, 3.8) is 0 Å². The third kappa shape index (κ3) is 4.33. The van der Waals surface area contributed by atoms with Crippen LogP contribution in [-0.4, -0.2) is 19.0 Å². The van der Waals surface area contributed by atoms with Crippen LogP contribution < -0.4 is 10.2 Å². The lowest BCUT2D eigenvalue weighted by atomic mass is 10.1. The van der Waals surface area contributed by atoms with Crippen LogP contribution in [-0.2, 0) is 4.79 Å². The van der Waals surface area contributed by atoms with Crippen LogP contribution in [0.15, 0.2) is 52.5 Å². The SMILES string of the molecule is Cc1cc(C=C(C#N)C(=O)Nc2ccc(Br)cc2)ccc1N1CCCC1. The molecule has 1 aliphatic heterocycles. The van der Waals surface area contributed by atoms with Gasteiger partial charge in [0.2, 0.25) is 0 Å². The number of halogens is 1. The van der Waals surface area contributed by atoms with E-state index in [9.17, 15) is 10.1 Å². The zero-order valence-corrected chi connectivity index (χ0v) is 16.2. The van der Waals surface area contributed by atoms with Crippen molar-refractivity contribution in [3.05, 3.63) is 63.6 Å². The van der Waals surface area contributed by atoms with Gasteiger partial charge in [0.25, 0.3) is 5.91 Å². The van der Waals surface area contributed by atoms with Crippen LogP contribution in [0.4, 0.5) is 11.4 Å². The summed E-state index contributed by atoms with van der Waals surface area (Å²) in [6.07, 6.45) is 4.10.